The number of para-hydroxylation sites is 2. The van der Waals surface area contributed by atoms with Gasteiger partial charge >= 0.3 is 0 Å². The summed E-state index contributed by atoms with van der Waals surface area (Å²) in [6.07, 6.45) is 0. The molecule has 0 aliphatic heterocycles. The molecule has 1 amide bonds. The van der Waals surface area contributed by atoms with E-state index in [2.05, 4.69) is 5.32 Å². The molecule has 0 fully saturated rings. The summed E-state index contributed by atoms with van der Waals surface area (Å²) in [6, 6.07) is 18.8. The van der Waals surface area contributed by atoms with E-state index in [1.54, 1.807) is 48.5 Å². The highest BCUT2D eigenvalue weighted by atomic mass is 19.1. The Morgan fingerprint density at radius 3 is 2.14 bits per heavy atom. The number of amides is 1. The third kappa shape index (κ3) is 4.73. The highest BCUT2D eigenvalue weighted by molar-refractivity contribution is 6.09. The van der Waals surface area contributed by atoms with Gasteiger partial charge in [-0.2, -0.15) is 0 Å². The lowest BCUT2D eigenvalue weighted by atomic mass is 10.0. The maximum atomic E-state index is 13.0. The molecule has 0 atom stereocenters. The van der Waals surface area contributed by atoms with Crippen molar-refractivity contribution in [3.05, 3.63) is 89.7 Å². The molecule has 3 aromatic rings. The first-order chi connectivity index (χ1) is 13.6. The number of carbonyl (C=O) groups excluding carboxylic acids is 2. The first-order valence-electron chi connectivity index (χ1n) is 8.53. The molecule has 0 saturated carbocycles. The average molecular weight is 379 g/mol. The number of benzene rings is 3. The molecule has 0 heterocycles. The van der Waals surface area contributed by atoms with Crippen molar-refractivity contribution in [3.63, 3.8) is 0 Å². The van der Waals surface area contributed by atoms with Gasteiger partial charge in [0.05, 0.1) is 12.8 Å². The summed E-state index contributed by atoms with van der Waals surface area (Å²) in [5, 5.41) is 2.71. The highest BCUT2D eigenvalue weighted by Crippen LogP contribution is 2.23. The molecular formula is C22H18FNO4. The second kappa shape index (κ2) is 8.81. The van der Waals surface area contributed by atoms with Crippen molar-refractivity contribution >= 4 is 17.4 Å². The van der Waals surface area contributed by atoms with Gasteiger partial charge in [0.25, 0.3) is 5.91 Å². The molecule has 1 N–H and O–H groups in total. The van der Waals surface area contributed by atoms with Crippen LogP contribution < -0.4 is 14.8 Å². The summed E-state index contributed by atoms with van der Waals surface area (Å²) in [4.78, 5) is 24.4. The van der Waals surface area contributed by atoms with Crippen molar-refractivity contribution in [1.29, 1.82) is 0 Å². The third-order valence-electron chi connectivity index (χ3n) is 3.97. The maximum Gasteiger partial charge on any atom is 0.262 e. The van der Waals surface area contributed by atoms with Crippen molar-refractivity contribution in [1.82, 2.24) is 0 Å². The third-order valence-corrected chi connectivity index (χ3v) is 3.97. The van der Waals surface area contributed by atoms with E-state index >= 15 is 0 Å². The van der Waals surface area contributed by atoms with E-state index < -0.39 is 5.82 Å². The van der Waals surface area contributed by atoms with Gasteiger partial charge in [0.15, 0.2) is 12.4 Å². The number of nitrogens with one attached hydrogen (secondary N) is 1. The number of rotatable bonds is 7. The highest BCUT2D eigenvalue weighted by Gasteiger charge is 2.11. The van der Waals surface area contributed by atoms with Gasteiger partial charge in [0.2, 0.25) is 0 Å². The quantitative estimate of drug-likeness (QED) is 0.628. The first kappa shape index (κ1) is 19.1. The molecule has 0 radical (unpaired) electrons. The predicted molar refractivity (Wildman–Crippen MR) is 103 cm³/mol. The van der Waals surface area contributed by atoms with E-state index in [4.69, 9.17) is 9.47 Å². The molecule has 3 aromatic carbocycles. The molecule has 142 valence electrons. The van der Waals surface area contributed by atoms with Crippen LogP contribution in [0.4, 0.5) is 10.1 Å². The van der Waals surface area contributed by atoms with Crippen molar-refractivity contribution in [3.8, 4) is 11.5 Å². The van der Waals surface area contributed by atoms with Crippen molar-refractivity contribution < 1.29 is 23.5 Å². The van der Waals surface area contributed by atoms with E-state index in [9.17, 15) is 14.0 Å². The van der Waals surface area contributed by atoms with Crippen LogP contribution in [-0.4, -0.2) is 25.4 Å². The Kier molecular flexibility index (Phi) is 6.01. The van der Waals surface area contributed by atoms with Gasteiger partial charge in [-0.3, -0.25) is 9.59 Å². The van der Waals surface area contributed by atoms with Crippen LogP contribution in [0.1, 0.15) is 15.9 Å². The summed E-state index contributed by atoms with van der Waals surface area (Å²) < 4.78 is 23.6. The Labute approximate surface area is 161 Å². The van der Waals surface area contributed by atoms with E-state index in [0.717, 1.165) is 0 Å². The fraction of sp³-hybridized carbons (Fsp3) is 0.0909. The fourth-order valence-electron chi connectivity index (χ4n) is 2.55. The molecule has 28 heavy (non-hydrogen) atoms. The van der Waals surface area contributed by atoms with E-state index in [1.807, 2.05) is 0 Å². The minimum Gasteiger partial charge on any atom is -0.495 e. The number of ketones is 1. The molecule has 0 unspecified atom stereocenters. The number of ether oxygens (including phenoxy) is 2. The Morgan fingerprint density at radius 1 is 0.893 bits per heavy atom. The minimum absolute atomic E-state index is 0.191. The molecule has 3 rings (SSSR count). The number of carbonyl (C=O) groups is 2. The summed E-state index contributed by atoms with van der Waals surface area (Å²) in [6.45, 7) is -0.191. The standard InChI is InChI=1S/C22H18FNO4/c1-27-20-5-3-2-4-19(20)24-21(25)14-28-18-12-8-16(9-13-18)22(26)15-6-10-17(23)11-7-15/h2-13H,14H2,1H3,(H,24,25). The van der Waals surface area contributed by atoms with Crippen molar-refractivity contribution in [2.75, 3.05) is 19.0 Å². The zero-order valence-electron chi connectivity index (χ0n) is 15.1. The summed E-state index contributed by atoms with van der Waals surface area (Å²) in [7, 11) is 1.52. The molecule has 6 heteroatoms. The summed E-state index contributed by atoms with van der Waals surface area (Å²) in [5.41, 5.74) is 1.39. The number of methoxy groups -OCH3 is 1. The van der Waals surface area contributed by atoms with Crippen LogP contribution in [0.5, 0.6) is 11.5 Å². The van der Waals surface area contributed by atoms with E-state index in [0.29, 0.717) is 28.3 Å². The van der Waals surface area contributed by atoms with Gasteiger partial charge in [-0.05, 0) is 60.7 Å². The van der Waals surface area contributed by atoms with Gasteiger partial charge in [0.1, 0.15) is 17.3 Å². The van der Waals surface area contributed by atoms with Gasteiger partial charge in [-0.15, -0.1) is 0 Å². The Hall–Kier alpha value is -3.67. The van der Waals surface area contributed by atoms with Gasteiger partial charge in [-0.1, -0.05) is 12.1 Å². The predicted octanol–water partition coefficient (Wildman–Crippen LogP) is 4.08. The average Bonchev–Trinajstić information content (AvgIpc) is 2.73. The lowest BCUT2D eigenvalue weighted by Crippen LogP contribution is -2.20. The largest absolute Gasteiger partial charge is 0.495 e. The molecule has 0 bridgehead atoms. The Balaban J connectivity index is 1.57. The second-order valence-electron chi connectivity index (χ2n) is 5.90. The zero-order chi connectivity index (χ0) is 19.9. The van der Waals surface area contributed by atoms with Crippen LogP contribution in [0.25, 0.3) is 0 Å². The molecular weight excluding hydrogens is 361 g/mol. The van der Waals surface area contributed by atoms with E-state index in [-0.39, 0.29) is 18.3 Å². The number of anilines is 1. The molecule has 0 saturated heterocycles. The number of hydrogen-bond donors (Lipinski definition) is 1. The normalized spacial score (nSPS) is 10.2. The zero-order valence-corrected chi connectivity index (χ0v) is 15.1. The van der Waals surface area contributed by atoms with Crippen molar-refractivity contribution in [2.24, 2.45) is 0 Å². The van der Waals surface area contributed by atoms with Gasteiger partial charge in [0, 0.05) is 11.1 Å². The molecule has 0 aromatic heterocycles. The lowest BCUT2D eigenvalue weighted by molar-refractivity contribution is -0.118. The van der Waals surface area contributed by atoms with Crippen LogP contribution in [-0.2, 0) is 4.79 Å². The van der Waals surface area contributed by atoms with Crippen molar-refractivity contribution in [2.45, 2.75) is 0 Å². The summed E-state index contributed by atoms with van der Waals surface area (Å²) in [5.74, 6) is 0.0495. The van der Waals surface area contributed by atoms with E-state index in [1.165, 1.54) is 31.4 Å². The Bertz CT molecular complexity index is 969. The number of hydrogen-bond acceptors (Lipinski definition) is 4. The summed E-state index contributed by atoms with van der Waals surface area (Å²) >= 11 is 0. The minimum atomic E-state index is -0.397. The SMILES string of the molecule is COc1ccccc1NC(=O)COc1ccc(C(=O)c2ccc(F)cc2)cc1. The molecule has 0 spiro atoms. The van der Waals surface area contributed by atoms with Crippen LogP contribution >= 0.6 is 0 Å². The van der Waals surface area contributed by atoms with Gasteiger partial charge < -0.3 is 14.8 Å². The van der Waals surface area contributed by atoms with Crippen LogP contribution in [0.3, 0.4) is 0 Å². The van der Waals surface area contributed by atoms with Crippen LogP contribution in [0.2, 0.25) is 0 Å². The lowest BCUT2D eigenvalue weighted by Gasteiger charge is -2.11. The van der Waals surface area contributed by atoms with Crippen LogP contribution in [0, 0.1) is 5.82 Å². The molecule has 0 aliphatic rings. The van der Waals surface area contributed by atoms with Gasteiger partial charge in [-0.25, -0.2) is 4.39 Å². The topological polar surface area (TPSA) is 64.6 Å². The smallest absolute Gasteiger partial charge is 0.262 e. The molecule has 5 nitrogen and oxygen atoms in total. The maximum absolute atomic E-state index is 13.0. The first-order valence-corrected chi connectivity index (χ1v) is 8.53. The second-order valence-corrected chi connectivity index (χ2v) is 5.90. The van der Waals surface area contributed by atoms with Crippen LogP contribution in [0.15, 0.2) is 72.8 Å². The Morgan fingerprint density at radius 2 is 1.50 bits per heavy atom. The number of halogens is 1. The molecule has 0 aliphatic carbocycles. The fourth-order valence-corrected chi connectivity index (χ4v) is 2.55. The monoisotopic (exact) mass is 379 g/mol.